The van der Waals surface area contributed by atoms with Crippen LogP contribution in [0.2, 0.25) is 0 Å². The van der Waals surface area contributed by atoms with Gasteiger partial charge in [-0.05, 0) is 43.0 Å². The Bertz CT molecular complexity index is 464. The second kappa shape index (κ2) is 7.71. The first-order valence-corrected chi connectivity index (χ1v) is 8.39. The fourth-order valence-electron chi connectivity index (χ4n) is 2.70. The predicted octanol–water partition coefficient (Wildman–Crippen LogP) is 2.37. The Kier molecular flexibility index (Phi) is 5.94. The molecular weight excluding hydrogens is 284 g/mol. The molecule has 2 unspecified atom stereocenters. The highest BCUT2D eigenvalue weighted by molar-refractivity contribution is 8.00. The highest BCUT2D eigenvalue weighted by atomic mass is 32.2. The molecule has 1 aromatic carbocycles. The Hall–Kier alpha value is -1.20. The van der Waals surface area contributed by atoms with Gasteiger partial charge in [-0.2, -0.15) is 0 Å². The molecule has 5 heteroatoms. The normalized spacial score (nSPS) is 22.1. The number of likely N-dealkylation sites (tertiary alicyclic amines) is 1. The van der Waals surface area contributed by atoms with Crippen molar-refractivity contribution in [3.05, 3.63) is 24.3 Å². The number of rotatable bonds is 5. The van der Waals surface area contributed by atoms with Gasteiger partial charge in [0.15, 0.2) is 0 Å². The molecule has 1 aliphatic heterocycles. The molecule has 1 fully saturated rings. The van der Waals surface area contributed by atoms with E-state index < -0.39 is 0 Å². The summed E-state index contributed by atoms with van der Waals surface area (Å²) >= 11 is 1.57. The third-order valence-corrected chi connectivity index (χ3v) is 4.99. The van der Waals surface area contributed by atoms with Crippen molar-refractivity contribution in [3.8, 4) is 5.75 Å². The van der Waals surface area contributed by atoms with E-state index in [2.05, 4.69) is 6.92 Å². The first-order chi connectivity index (χ1) is 10.1. The van der Waals surface area contributed by atoms with Crippen LogP contribution in [0, 0.1) is 5.92 Å². The summed E-state index contributed by atoms with van der Waals surface area (Å²) in [4.78, 5) is 15.4. The molecule has 0 aromatic heterocycles. The van der Waals surface area contributed by atoms with Crippen molar-refractivity contribution >= 4 is 17.7 Å². The second-order valence-electron chi connectivity index (χ2n) is 5.57. The molecule has 0 radical (unpaired) electrons. The lowest BCUT2D eigenvalue weighted by Gasteiger charge is -2.38. The van der Waals surface area contributed by atoms with Gasteiger partial charge in [0.25, 0.3) is 0 Å². The van der Waals surface area contributed by atoms with E-state index in [0.717, 1.165) is 30.0 Å². The summed E-state index contributed by atoms with van der Waals surface area (Å²) in [5.74, 6) is 2.16. The van der Waals surface area contributed by atoms with E-state index >= 15 is 0 Å². The summed E-state index contributed by atoms with van der Waals surface area (Å²) in [5, 5.41) is 0. The molecular formula is C16H24N2O2S. The van der Waals surface area contributed by atoms with Crippen LogP contribution in [0.4, 0.5) is 0 Å². The van der Waals surface area contributed by atoms with Crippen molar-refractivity contribution in [2.24, 2.45) is 11.7 Å². The van der Waals surface area contributed by atoms with E-state index in [9.17, 15) is 4.79 Å². The van der Waals surface area contributed by atoms with Gasteiger partial charge in [0.2, 0.25) is 5.91 Å². The van der Waals surface area contributed by atoms with Crippen molar-refractivity contribution in [1.29, 1.82) is 0 Å². The van der Waals surface area contributed by atoms with Crippen LogP contribution < -0.4 is 10.5 Å². The van der Waals surface area contributed by atoms with Crippen molar-refractivity contribution in [2.75, 3.05) is 26.0 Å². The summed E-state index contributed by atoms with van der Waals surface area (Å²) in [7, 11) is 1.65. The maximum atomic E-state index is 12.4. The molecule has 1 saturated heterocycles. The fraction of sp³-hybridized carbons (Fsp3) is 0.562. The quantitative estimate of drug-likeness (QED) is 0.849. The predicted molar refractivity (Wildman–Crippen MR) is 86.7 cm³/mol. The Morgan fingerprint density at radius 2 is 2.14 bits per heavy atom. The third kappa shape index (κ3) is 4.38. The van der Waals surface area contributed by atoms with E-state index in [-0.39, 0.29) is 11.9 Å². The lowest BCUT2D eigenvalue weighted by atomic mass is 9.92. The molecule has 2 atom stereocenters. The van der Waals surface area contributed by atoms with E-state index in [4.69, 9.17) is 10.5 Å². The smallest absolute Gasteiger partial charge is 0.233 e. The summed E-state index contributed by atoms with van der Waals surface area (Å²) in [6, 6.07) is 8.00. The third-order valence-electron chi connectivity index (χ3n) is 3.99. The molecule has 0 saturated carbocycles. The molecule has 116 valence electrons. The lowest BCUT2D eigenvalue weighted by Crippen LogP contribution is -2.49. The van der Waals surface area contributed by atoms with E-state index in [1.165, 1.54) is 0 Å². The van der Waals surface area contributed by atoms with Crippen molar-refractivity contribution in [2.45, 2.75) is 30.7 Å². The van der Waals surface area contributed by atoms with Gasteiger partial charge in [-0.25, -0.2) is 0 Å². The van der Waals surface area contributed by atoms with Crippen LogP contribution in [0.5, 0.6) is 5.75 Å². The summed E-state index contributed by atoms with van der Waals surface area (Å²) < 4.78 is 5.13. The van der Waals surface area contributed by atoms with Crippen molar-refractivity contribution in [3.63, 3.8) is 0 Å². The van der Waals surface area contributed by atoms with Crippen molar-refractivity contribution in [1.82, 2.24) is 4.90 Å². The second-order valence-corrected chi connectivity index (χ2v) is 6.62. The molecule has 21 heavy (non-hydrogen) atoms. The molecule has 1 amide bonds. The van der Waals surface area contributed by atoms with Crippen LogP contribution in [-0.2, 0) is 4.79 Å². The van der Waals surface area contributed by atoms with Crippen molar-refractivity contribution < 1.29 is 9.53 Å². The number of nitrogens with zero attached hydrogens (tertiary/aromatic N) is 1. The Balaban J connectivity index is 1.88. The highest BCUT2D eigenvalue weighted by Gasteiger charge is 2.28. The van der Waals surface area contributed by atoms with E-state index in [1.807, 2.05) is 29.2 Å². The maximum Gasteiger partial charge on any atom is 0.233 e. The minimum absolute atomic E-state index is 0.193. The Labute approximate surface area is 131 Å². The zero-order chi connectivity index (χ0) is 15.2. The lowest BCUT2D eigenvalue weighted by molar-refractivity contribution is -0.132. The van der Waals surface area contributed by atoms with E-state index in [0.29, 0.717) is 18.2 Å². The first-order valence-electron chi connectivity index (χ1n) is 7.40. The fourth-order valence-corrected chi connectivity index (χ4v) is 3.49. The van der Waals surface area contributed by atoms with Gasteiger partial charge in [0, 0.05) is 24.0 Å². The highest BCUT2D eigenvalue weighted by Crippen LogP contribution is 2.25. The van der Waals surface area contributed by atoms with Crippen LogP contribution in [0.25, 0.3) is 0 Å². The topological polar surface area (TPSA) is 55.6 Å². The zero-order valence-electron chi connectivity index (χ0n) is 12.7. The summed E-state index contributed by atoms with van der Waals surface area (Å²) in [6.07, 6.45) is 2.10. The molecule has 2 rings (SSSR count). The summed E-state index contributed by atoms with van der Waals surface area (Å²) in [5.41, 5.74) is 5.82. The van der Waals surface area contributed by atoms with Crippen LogP contribution in [-0.4, -0.2) is 42.8 Å². The molecule has 1 heterocycles. The van der Waals surface area contributed by atoms with Gasteiger partial charge in [-0.3, -0.25) is 4.79 Å². The molecule has 1 aliphatic rings. The van der Waals surface area contributed by atoms with Crippen LogP contribution in [0.1, 0.15) is 19.8 Å². The minimum atomic E-state index is 0.193. The van der Waals surface area contributed by atoms with Gasteiger partial charge in [0.1, 0.15) is 5.75 Å². The summed E-state index contributed by atoms with van der Waals surface area (Å²) in [6.45, 7) is 3.63. The van der Waals surface area contributed by atoms with Gasteiger partial charge < -0.3 is 15.4 Å². The molecule has 2 N–H and O–H groups in total. The number of piperidine rings is 1. The number of nitrogens with two attached hydrogens (primary N) is 1. The van der Waals surface area contributed by atoms with Crippen LogP contribution >= 0.6 is 11.8 Å². The van der Waals surface area contributed by atoms with Gasteiger partial charge in [-0.1, -0.05) is 6.92 Å². The average molecular weight is 308 g/mol. The number of thioether (sulfide) groups is 1. The number of hydrogen-bond acceptors (Lipinski definition) is 4. The first kappa shape index (κ1) is 16.2. The van der Waals surface area contributed by atoms with Gasteiger partial charge >= 0.3 is 0 Å². The number of carbonyl (C=O) groups excluding carboxylic acids is 1. The Morgan fingerprint density at radius 1 is 1.43 bits per heavy atom. The Morgan fingerprint density at radius 3 is 2.76 bits per heavy atom. The van der Waals surface area contributed by atoms with Crippen LogP contribution in [0.15, 0.2) is 29.2 Å². The molecule has 0 aliphatic carbocycles. The molecule has 0 bridgehead atoms. The van der Waals surface area contributed by atoms with E-state index in [1.54, 1.807) is 18.9 Å². The monoisotopic (exact) mass is 308 g/mol. The molecule has 4 nitrogen and oxygen atoms in total. The zero-order valence-corrected chi connectivity index (χ0v) is 13.6. The standard InChI is InChI=1S/C16H24N2O2S/c1-12-7-8-18(13(9-12)10-17)16(19)11-21-15-5-3-14(20-2)4-6-15/h3-6,12-13H,7-11,17H2,1-2H3. The average Bonchev–Trinajstić information content (AvgIpc) is 2.52. The van der Waals surface area contributed by atoms with Gasteiger partial charge in [0.05, 0.1) is 12.9 Å². The number of amides is 1. The molecule has 1 aromatic rings. The maximum absolute atomic E-state index is 12.4. The number of methoxy groups -OCH3 is 1. The SMILES string of the molecule is COc1ccc(SCC(=O)N2CCC(C)CC2CN)cc1. The largest absolute Gasteiger partial charge is 0.497 e. The molecule has 0 spiro atoms. The van der Waals surface area contributed by atoms with Crippen LogP contribution in [0.3, 0.4) is 0 Å². The number of hydrogen-bond donors (Lipinski definition) is 1. The number of ether oxygens (including phenoxy) is 1. The van der Waals surface area contributed by atoms with Gasteiger partial charge in [-0.15, -0.1) is 11.8 Å². The minimum Gasteiger partial charge on any atom is -0.497 e. The number of benzene rings is 1. The number of carbonyl (C=O) groups is 1.